The molecule has 4 nitrogen and oxygen atoms in total. The Hall–Kier alpha value is -0.770. The molecule has 0 bridgehead atoms. The van der Waals surface area contributed by atoms with Crippen molar-refractivity contribution in [2.45, 2.75) is 59.3 Å². The van der Waals surface area contributed by atoms with Crippen molar-refractivity contribution in [1.82, 2.24) is 5.32 Å². The summed E-state index contributed by atoms with van der Waals surface area (Å²) in [4.78, 5) is 8.78. The third-order valence-corrected chi connectivity index (χ3v) is 2.68. The molecule has 0 saturated heterocycles. The summed E-state index contributed by atoms with van der Waals surface area (Å²) in [6.45, 7) is 9.27. The van der Waals surface area contributed by atoms with Gasteiger partial charge in [0.2, 0.25) is 0 Å². The predicted molar refractivity (Wildman–Crippen MR) is 73.3 cm³/mol. The highest BCUT2D eigenvalue weighted by atomic mass is 16.4. The van der Waals surface area contributed by atoms with Gasteiger partial charge in [-0.3, -0.25) is 0 Å². The second-order valence-corrected chi connectivity index (χ2v) is 4.31. The normalized spacial score (nSPS) is 11.5. The summed E-state index contributed by atoms with van der Waals surface area (Å²) in [6.07, 6.45) is 6.77. The molecule has 0 aromatic heterocycles. The zero-order valence-electron chi connectivity index (χ0n) is 11.7. The molecule has 0 aromatic rings. The van der Waals surface area contributed by atoms with Crippen molar-refractivity contribution in [3.05, 3.63) is 0 Å². The fourth-order valence-electron chi connectivity index (χ4n) is 1.55. The van der Waals surface area contributed by atoms with Crippen LogP contribution in [0.3, 0.4) is 0 Å². The van der Waals surface area contributed by atoms with Crippen molar-refractivity contribution >= 4 is 6.09 Å². The maximum absolute atomic E-state index is 8.78. The van der Waals surface area contributed by atoms with Crippen LogP contribution in [0.15, 0.2) is 0 Å². The van der Waals surface area contributed by atoms with Gasteiger partial charge in [-0.2, -0.15) is 0 Å². The minimum atomic E-state index is -1.33. The van der Waals surface area contributed by atoms with E-state index in [1.165, 1.54) is 51.6 Å². The third kappa shape index (κ3) is 21.1. The Morgan fingerprint density at radius 2 is 1.76 bits per heavy atom. The summed E-state index contributed by atoms with van der Waals surface area (Å²) in [5.74, 6) is 0.914. The molecule has 0 radical (unpaired) electrons. The average molecular weight is 246 g/mol. The van der Waals surface area contributed by atoms with Gasteiger partial charge in [-0.05, 0) is 31.8 Å². The van der Waals surface area contributed by atoms with E-state index in [1.807, 2.05) is 0 Å². The lowest BCUT2D eigenvalue weighted by Gasteiger charge is -2.14. The van der Waals surface area contributed by atoms with Gasteiger partial charge in [0.15, 0.2) is 0 Å². The summed E-state index contributed by atoms with van der Waals surface area (Å²) in [5, 5.41) is 10.7. The average Bonchev–Trinajstić information content (AvgIpc) is 2.27. The highest BCUT2D eigenvalue weighted by Gasteiger charge is 2.03. The quantitative estimate of drug-likeness (QED) is 0.547. The number of nitrogens with one attached hydrogen (secondary N) is 1. The molecule has 0 heterocycles. The van der Waals surface area contributed by atoms with Crippen LogP contribution in [-0.2, 0) is 0 Å². The SMILES string of the molecule is CCCCNCC(CC)CCCC.NC(=O)O. The van der Waals surface area contributed by atoms with Crippen LogP contribution in [0.2, 0.25) is 0 Å². The molecule has 1 amide bonds. The lowest BCUT2D eigenvalue weighted by atomic mass is 9.99. The summed E-state index contributed by atoms with van der Waals surface area (Å²) in [6, 6.07) is 0. The lowest BCUT2D eigenvalue weighted by Crippen LogP contribution is -2.23. The molecule has 0 aromatic carbocycles. The van der Waals surface area contributed by atoms with Crippen LogP contribution in [0, 0.1) is 5.92 Å². The minimum Gasteiger partial charge on any atom is -0.465 e. The Kier molecular flexibility index (Phi) is 16.7. The molecule has 0 aliphatic heterocycles. The van der Waals surface area contributed by atoms with E-state index in [1.54, 1.807) is 0 Å². The summed E-state index contributed by atoms with van der Waals surface area (Å²) in [5.41, 5.74) is 4.03. The molecule has 1 unspecified atom stereocenters. The molecule has 4 heteroatoms. The zero-order chi connectivity index (χ0) is 13.5. The summed E-state index contributed by atoms with van der Waals surface area (Å²) < 4.78 is 0. The number of carboxylic acid groups (broad SMARTS) is 1. The van der Waals surface area contributed by atoms with Crippen LogP contribution in [-0.4, -0.2) is 24.3 Å². The second kappa shape index (κ2) is 15.2. The van der Waals surface area contributed by atoms with Gasteiger partial charge >= 0.3 is 6.09 Å². The van der Waals surface area contributed by atoms with Crippen molar-refractivity contribution in [3.63, 3.8) is 0 Å². The van der Waals surface area contributed by atoms with Crippen molar-refractivity contribution in [2.75, 3.05) is 13.1 Å². The Labute approximate surface area is 106 Å². The smallest absolute Gasteiger partial charge is 0.402 e. The number of hydrogen-bond acceptors (Lipinski definition) is 2. The number of carbonyl (C=O) groups is 1. The van der Waals surface area contributed by atoms with Gasteiger partial charge < -0.3 is 16.2 Å². The first kappa shape index (κ1) is 18.6. The van der Waals surface area contributed by atoms with Gasteiger partial charge in [0.05, 0.1) is 0 Å². The van der Waals surface area contributed by atoms with Gasteiger partial charge in [0, 0.05) is 0 Å². The minimum absolute atomic E-state index is 0.914. The van der Waals surface area contributed by atoms with Crippen molar-refractivity contribution in [3.8, 4) is 0 Å². The van der Waals surface area contributed by atoms with Gasteiger partial charge in [-0.15, -0.1) is 0 Å². The van der Waals surface area contributed by atoms with E-state index < -0.39 is 6.09 Å². The first-order chi connectivity index (χ1) is 8.08. The van der Waals surface area contributed by atoms with Crippen LogP contribution < -0.4 is 11.1 Å². The number of hydrogen-bond donors (Lipinski definition) is 3. The number of amides is 1. The number of unbranched alkanes of at least 4 members (excludes halogenated alkanes) is 2. The molecular formula is C13H30N2O2. The lowest BCUT2D eigenvalue weighted by molar-refractivity contribution is 0.205. The van der Waals surface area contributed by atoms with Crippen molar-refractivity contribution in [2.24, 2.45) is 11.7 Å². The molecule has 0 rings (SSSR count). The fourth-order valence-corrected chi connectivity index (χ4v) is 1.55. The maximum Gasteiger partial charge on any atom is 0.402 e. The second-order valence-electron chi connectivity index (χ2n) is 4.31. The van der Waals surface area contributed by atoms with Crippen LogP contribution >= 0.6 is 0 Å². The Balaban J connectivity index is 0. The molecule has 0 fully saturated rings. The van der Waals surface area contributed by atoms with Gasteiger partial charge in [0.25, 0.3) is 0 Å². The zero-order valence-corrected chi connectivity index (χ0v) is 11.7. The summed E-state index contributed by atoms with van der Waals surface area (Å²) in [7, 11) is 0. The maximum atomic E-state index is 8.78. The van der Waals surface area contributed by atoms with Crippen molar-refractivity contribution < 1.29 is 9.90 Å². The molecule has 0 spiro atoms. The highest BCUT2D eigenvalue weighted by Crippen LogP contribution is 2.10. The molecule has 4 N–H and O–H groups in total. The monoisotopic (exact) mass is 246 g/mol. The van der Waals surface area contributed by atoms with Gasteiger partial charge in [0.1, 0.15) is 0 Å². The third-order valence-electron chi connectivity index (χ3n) is 2.68. The largest absolute Gasteiger partial charge is 0.465 e. The van der Waals surface area contributed by atoms with Crippen LogP contribution in [0.4, 0.5) is 4.79 Å². The van der Waals surface area contributed by atoms with Crippen LogP contribution in [0.1, 0.15) is 59.3 Å². The highest BCUT2D eigenvalue weighted by molar-refractivity contribution is 5.61. The van der Waals surface area contributed by atoms with E-state index >= 15 is 0 Å². The van der Waals surface area contributed by atoms with Gasteiger partial charge in [-0.1, -0.05) is 46.5 Å². The Morgan fingerprint density at radius 3 is 2.18 bits per heavy atom. The molecule has 0 saturated carbocycles. The van der Waals surface area contributed by atoms with E-state index in [-0.39, 0.29) is 0 Å². The van der Waals surface area contributed by atoms with E-state index in [2.05, 4.69) is 31.8 Å². The topological polar surface area (TPSA) is 75.3 Å². The predicted octanol–water partition coefficient (Wildman–Crippen LogP) is 3.22. The molecule has 0 aliphatic rings. The molecular weight excluding hydrogens is 216 g/mol. The van der Waals surface area contributed by atoms with E-state index in [0.717, 1.165) is 5.92 Å². The van der Waals surface area contributed by atoms with Crippen molar-refractivity contribution in [1.29, 1.82) is 0 Å². The van der Waals surface area contributed by atoms with E-state index in [4.69, 9.17) is 9.90 Å². The molecule has 0 aliphatic carbocycles. The fraction of sp³-hybridized carbons (Fsp3) is 0.923. The first-order valence-electron chi connectivity index (χ1n) is 6.77. The van der Waals surface area contributed by atoms with E-state index in [0.29, 0.717) is 0 Å². The summed E-state index contributed by atoms with van der Waals surface area (Å²) >= 11 is 0. The van der Waals surface area contributed by atoms with Gasteiger partial charge in [-0.25, -0.2) is 4.79 Å². The van der Waals surface area contributed by atoms with E-state index in [9.17, 15) is 0 Å². The number of nitrogens with two attached hydrogens (primary N) is 1. The molecule has 17 heavy (non-hydrogen) atoms. The Bertz CT molecular complexity index is 159. The first-order valence-corrected chi connectivity index (χ1v) is 6.77. The standard InChI is InChI=1S/C12H27N.CH3NO2/c1-4-7-9-12(6-3)11-13-10-8-5-2;2-1(3)4/h12-13H,4-11H2,1-3H3;2H2,(H,3,4). The number of rotatable bonds is 9. The van der Waals surface area contributed by atoms with Crippen LogP contribution in [0.25, 0.3) is 0 Å². The van der Waals surface area contributed by atoms with Crippen LogP contribution in [0.5, 0.6) is 0 Å². The molecule has 1 atom stereocenters. The number of primary amides is 1. The Morgan fingerprint density at radius 1 is 1.24 bits per heavy atom. The molecule has 104 valence electrons.